The molecule has 2 nitrogen and oxygen atoms in total. The molecule has 1 N–H and O–H groups in total. The zero-order chi connectivity index (χ0) is 12.4. The summed E-state index contributed by atoms with van der Waals surface area (Å²) in [5, 5.41) is 3.76. The summed E-state index contributed by atoms with van der Waals surface area (Å²) in [6, 6.07) is 10.4. The topological polar surface area (TPSA) is 15.3 Å². The van der Waals surface area contributed by atoms with Gasteiger partial charge in [-0.25, -0.2) is 0 Å². The average molecular weight is 232 g/mol. The highest BCUT2D eigenvalue weighted by molar-refractivity contribution is 5.28. The maximum Gasteiger partial charge on any atom is 0.0297 e. The van der Waals surface area contributed by atoms with Crippen molar-refractivity contribution in [3.05, 3.63) is 35.4 Å². The fourth-order valence-electron chi connectivity index (χ4n) is 2.83. The van der Waals surface area contributed by atoms with Gasteiger partial charge in [-0.05, 0) is 45.4 Å². The van der Waals surface area contributed by atoms with E-state index < -0.39 is 0 Å². The van der Waals surface area contributed by atoms with Gasteiger partial charge in [-0.1, -0.05) is 24.3 Å². The van der Waals surface area contributed by atoms with Gasteiger partial charge >= 0.3 is 0 Å². The van der Waals surface area contributed by atoms with E-state index in [0.717, 1.165) is 6.54 Å². The van der Waals surface area contributed by atoms with Crippen LogP contribution in [0.1, 0.15) is 37.4 Å². The number of hydrogen-bond acceptors (Lipinski definition) is 2. The van der Waals surface area contributed by atoms with Crippen LogP contribution in [0, 0.1) is 6.92 Å². The fourth-order valence-corrected chi connectivity index (χ4v) is 2.83. The Bertz CT molecular complexity index is 365. The van der Waals surface area contributed by atoms with Crippen molar-refractivity contribution in [1.82, 2.24) is 10.2 Å². The van der Waals surface area contributed by atoms with E-state index in [-0.39, 0.29) is 0 Å². The lowest BCUT2D eigenvalue weighted by atomic mass is 10.0. The lowest BCUT2D eigenvalue weighted by molar-refractivity contribution is 0.325. The van der Waals surface area contributed by atoms with Crippen LogP contribution < -0.4 is 5.32 Å². The Kier molecular flexibility index (Phi) is 3.85. The molecular weight excluding hydrogens is 208 g/mol. The average Bonchev–Trinajstić information content (AvgIpc) is 2.58. The SMILES string of the molecule is Cc1ccccc1[C@@H](C)NC1CC(C)N(C)C1. The van der Waals surface area contributed by atoms with Crippen LogP contribution in [0.5, 0.6) is 0 Å². The van der Waals surface area contributed by atoms with Crippen LogP contribution in [0.3, 0.4) is 0 Å². The van der Waals surface area contributed by atoms with E-state index >= 15 is 0 Å². The van der Waals surface area contributed by atoms with Crippen LogP contribution in [-0.4, -0.2) is 30.6 Å². The van der Waals surface area contributed by atoms with E-state index in [9.17, 15) is 0 Å². The summed E-state index contributed by atoms with van der Waals surface area (Å²) in [4.78, 5) is 2.43. The van der Waals surface area contributed by atoms with E-state index in [2.05, 4.69) is 62.3 Å². The summed E-state index contributed by atoms with van der Waals surface area (Å²) in [5.41, 5.74) is 2.81. The molecule has 1 fully saturated rings. The third-order valence-electron chi connectivity index (χ3n) is 4.03. The molecule has 1 aliphatic rings. The lowest BCUT2D eigenvalue weighted by Gasteiger charge is -2.21. The molecular formula is C15H24N2. The molecule has 0 radical (unpaired) electrons. The number of aryl methyl sites for hydroxylation is 1. The van der Waals surface area contributed by atoms with Crippen LogP contribution in [0.4, 0.5) is 0 Å². The Morgan fingerprint density at radius 3 is 2.65 bits per heavy atom. The molecule has 0 saturated carbocycles. The molecule has 1 aliphatic heterocycles. The van der Waals surface area contributed by atoms with Gasteiger partial charge in [-0.3, -0.25) is 0 Å². The molecule has 0 aliphatic carbocycles. The van der Waals surface area contributed by atoms with Crippen LogP contribution in [0.15, 0.2) is 24.3 Å². The molecule has 1 saturated heterocycles. The first kappa shape index (κ1) is 12.6. The van der Waals surface area contributed by atoms with Crippen molar-refractivity contribution in [1.29, 1.82) is 0 Å². The van der Waals surface area contributed by atoms with Gasteiger partial charge in [0.15, 0.2) is 0 Å². The number of benzene rings is 1. The van der Waals surface area contributed by atoms with Crippen LogP contribution >= 0.6 is 0 Å². The maximum absolute atomic E-state index is 3.76. The highest BCUT2D eigenvalue weighted by Crippen LogP contribution is 2.21. The first-order valence-electron chi connectivity index (χ1n) is 6.59. The lowest BCUT2D eigenvalue weighted by Crippen LogP contribution is -2.33. The smallest absolute Gasteiger partial charge is 0.0297 e. The van der Waals surface area contributed by atoms with Crippen molar-refractivity contribution in [3.63, 3.8) is 0 Å². The number of likely N-dealkylation sites (N-methyl/N-ethyl adjacent to an activating group) is 1. The summed E-state index contributed by atoms with van der Waals surface area (Å²) >= 11 is 0. The summed E-state index contributed by atoms with van der Waals surface area (Å²) < 4.78 is 0. The van der Waals surface area contributed by atoms with Crippen molar-refractivity contribution in [2.75, 3.05) is 13.6 Å². The maximum atomic E-state index is 3.76. The Morgan fingerprint density at radius 1 is 1.35 bits per heavy atom. The summed E-state index contributed by atoms with van der Waals surface area (Å²) in [6.45, 7) is 7.93. The Morgan fingerprint density at radius 2 is 2.06 bits per heavy atom. The third kappa shape index (κ3) is 2.88. The van der Waals surface area contributed by atoms with Crippen molar-refractivity contribution in [2.45, 2.75) is 45.3 Å². The van der Waals surface area contributed by atoms with Crippen molar-refractivity contribution in [2.24, 2.45) is 0 Å². The quantitative estimate of drug-likeness (QED) is 0.862. The zero-order valence-electron chi connectivity index (χ0n) is 11.4. The van der Waals surface area contributed by atoms with Crippen molar-refractivity contribution >= 4 is 0 Å². The van der Waals surface area contributed by atoms with Gasteiger partial charge in [0.2, 0.25) is 0 Å². The molecule has 2 rings (SSSR count). The molecule has 0 amide bonds. The van der Waals surface area contributed by atoms with Gasteiger partial charge in [0.25, 0.3) is 0 Å². The first-order chi connectivity index (χ1) is 8.08. The Balaban J connectivity index is 1.98. The van der Waals surface area contributed by atoms with Gasteiger partial charge in [-0.15, -0.1) is 0 Å². The van der Waals surface area contributed by atoms with Gasteiger partial charge in [-0.2, -0.15) is 0 Å². The van der Waals surface area contributed by atoms with E-state index in [1.54, 1.807) is 0 Å². The van der Waals surface area contributed by atoms with Gasteiger partial charge in [0, 0.05) is 24.7 Å². The van der Waals surface area contributed by atoms with E-state index in [4.69, 9.17) is 0 Å². The number of nitrogens with one attached hydrogen (secondary N) is 1. The van der Waals surface area contributed by atoms with E-state index in [0.29, 0.717) is 18.1 Å². The van der Waals surface area contributed by atoms with Crippen LogP contribution in [-0.2, 0) is 0 Å². The van der Waals surface area contributed by atoms with E-state index in [1.807, 2.05) is 0 Å². The molecule has 94 valence electrons. The normalized spacial score (nSPS) is 27.3. The molecule has 2 heteroatoms. The largest absolute Gasteiger partial charge is 0.306 e. The molecule has 1 aromatic rings. The first-order valence-corrected chi connectivity index (χ1v) is 6.59. The molecule has 1 heterocycles. The summed E-state index contributed by atoms with van der Waals surface area (Å²) in [5.74, 6) is 0. The number of hydrogen-bond donors (Lipinski definition) is 1. The molecule has 0 spiro atoms. The molecule has 3 atom stereocenters. The highest BCUT2D eigenvalue weighted by atomic mass is 15.2. The second-order valence-corrected chi connectivity index (χ2v) is 5.47. The molecule has 0 aromatic heterocycles. The van der Waals surface area contributed by atoms with Crippen molar-refractivity contribution < 1.29 is 0 Å². The minimum atomic E-state index is 0.444. The highest BCUT2D eigenvalue weighted by Gasteiger charge is 2.27. The van der Waals surface area contributed by atoms with Crippen LogP contribution in [0.25, 0.3) is 0 Å². The fraction of sp³-hybridized carbons (Fsp3) is 0.600. The Hall–Kier alpha value is -0.860. The standard InChI is InChI=1S/C15H24N2/c1-11-7-5-6-8-15(11)13(3)16-14-9-12(2)17(4)10-14/h5-8,12-14,16H,9-10H2,1-4H3/t12?,13-,14?/m1/s1. The number of nitrogens with zero attached hydrogens (tertiary/aromatic N) is 1. The number of rotatable bonds is 3. The predicted molar refractivity (Wildman–Crippen MR) is 73.2 cm³/mol. The van der Waals surface area contributed by atoms with Crippen LogP contribution in [0.2, 0.25) is 0 Å². The third-order valence-corrected chi connectivity index (χ3v) is 4.03. The van der Waals surface area contributed by atoms with Gasteiger partial charge in [0.1, 0.15) is 0 Å². The predicted octanol–water partition coefficient (Wildman–Crippen LogP) is 2.74. The van der Waals surface area contributed by atoms with Crippen molar-refractivity contribution in [3.8, 4) is 0 Å². The van der Waals surface area contributed by atoms with Gasteiger partial charge in [0.05, 0.1) is 0 Å². The summed E-state index contributed by atoms with van der Waals surface area (Å²) in [6.07, 6.45) is 1.26. The van der Waals surface area contributed by atoms with Gasteiger partial charge < -0.3 is 10.2 Å². The molecule has 0 bridgehead atoms. The van der Waals surface area contributed by atoms with E-state index in [1.165, 1.54) is 17.5 Å². The summed E-state index contributed by atoms with van der Waals surface area (Å²) in [7, 11) is 2.21. The monoisotopic (exact) mass is 232 g/mol. The minimum Gasteiger partial charge on any atom is -0.306 e. The number of likely N-dealkylation sites (tertiary alicyclic amines) is 1. The molecule has 2 unspecified atom stereocenters. The second-order valence-electron chi connectivity index (χ2n) is 5.47. The zero-order valence-corrected chi connectivity index (χ0v) is 11.4. The minimum absolute atomic E-state index is 0.444. The molecule has 1 aromatic carbocycles. The Labute approximate surface area is 105 Å². The molecule has 17 heavy (non-hydrogen) atoms. The second kappa shape index (κ2) is 5.19.